The molecule has 5 heteroatoms. The van der Waals surface area contributed by atoms with E-state index in [2.05, 4.69) is 49.4 Å². The van der Waals surface area contributed by atoms with Crippen molar-refractivity contribution in [3.8, 4) is 0 Å². The Bertz CT molecular complexity index is 558. The molecule has 0 aliphatic carbocycles. The lowest BCUT2D eigenvalue weighted by molar-refractivity contribution is 0.552. The van der Waals surface area contributed by atoms with Gasteiger partial charge in [-0.3, -0.25) is 11.3 Å². The molecule has 0 spiro atoms. The van der Waals surface area contributed by atoms with E-state index in [-0.39, 0.29) is 6.04 Å². The van der Waals surface area contributed by atoms with Gasteiger partial charge < -0.3 is 0 Å². The lowest BCUT2D eigenvalue weighted by atomic mass is 9.99. The third-order valence-corrected chi connectivity index (χ3v) is 4.64. The monoisotopic (exact) mass is 402 g/mol. The normalized spacial score (nSPS) is 12.4. The number of benzene rings is 2. The molecule has 3 N–H and O–H groups in total. The van der Waals surface area contributed by atoms with Crippen LogP contribution in [0.1, 0.15) is 17.2 Å². The molecule has 0 aliphatic heterocycles. The van der Waals surface area contributed by atoms with E-state index in [4.69, 9.17) is 17.4 Å². The number of halogens is 3. The number of nitrogens with two attached hydrogens (primary N) is 1. The Hall–Kier alpha value is -0.390. The SMILES string of the molecule is NNC(Cc1ccc(Br)cc1)c1ccc(Cl)c(Br)c1. The molecule has 100 valence electrons. The number of hydrogen-bond acceptors (Lipinski definition) is 2. The summed E-state index contributed by atoms with van der Waals surface area (Å²) in [6, 6.07) is 14.1. The highest BCUT2D eigenvalue weighted by Gasteiger charge is 2.12. The van der Waals surface area contributed by atoms with Crippen molar-refractivity contribution in [3.05, 3.63) is 67.6 Å². The molecule has 0 heterocycles. The quantitative estimate of drug-likeness (QED) is 0.577. The zero-order valence-electron chi connectivity index (χ0n) is 10.0. The van der Waals surface area contributed by atoms with Gasteiger partial charge in [0, 0.05) is 8.95 Å². The van der Waals surface area contributed by atoms with E-state index in [0.717, 1.165) is 20.9 Å². The summed E-state index contributed by atoms with van der Waals surface area (Å²) in [5, 5.41) is 0.697. The highest BCUT2D eigenvalue weighted by molar-refractivity contribution is 9.10. The van der Waals surface area contributed by atoms with E-state index in [9.17, 15) is 0 Å². The summed E-state index contributed by atoms with van der Waals surface area (Å²) in [5.74, 6) is 5.66. The second-order valence-corrected chi connectivity index (χ2v) is 6.40. The van der Waals surface area contributed by atoms with Gasteiger partial charge in [0.1, 0.15) is 0 Å². The average molecular weight is 405 g/mol. The molecule has 0 bridgehead atoms. The summed E-state index contributed by atoms with van der Waals surface area (Å²) in [5.41, 5.74) is 5.17. The van der Waals surface area contributed by atoms with Gasteiger partial charge in [-0.25, -0.2) is 0 Å². The largest absolute Gasteiger partial charge is 0.271 e. The Morgan fingerprint density at radius 3 is 2.37 bits per heavy atom. The van der Waals surface area contributed by atoms with Crippen molar-refractivity contribution in [2.45, 2.75) is 12.5 Å². The second-order valence-electron chi connectivity index (χ2n) is 4.22. The van der Waals surface area contributed by atoms with Crippen LogP contribution in [0.15, 0.2) is 51.4 Å². The minimum Gasteiger partial charge on any atom is -0.271 e. The standard InChI is InChI=1S/C14H13Br2ClN2/c15-11-4-1-9(2-5-11)7-14(19-18)10-3-6-13(17)12(16)8-10/h1-6,8,14,19H,7,18H2. The van der Waals surface area contributed by atoms with Crippen LogP contribution in [0.5, 0.6) is 0 Å². The molecule has 2 aromatic carbocycles. The maximum Gasteiger partial charge on any atom is 0.0548 e. The van der Waals surface area contributed by atoms with Crippen LogP contribution in [0.4, 0.5) is 0 Å². The van der Waals surface area contributed by atoms with Gasteiger partial charge in [-0.05, 0) is 57.7 Å². The first kappa shape index (κ1) is 15.0. The number of hydrazine groups is 1. The molecule has 1 atom stereocenters. The molecule has 0 aromatic heterocycles. The Kier molecular flexibility index (Phi) is 5.42. The van der Waals surface area contributed by atoms with Gasteiger partial charge in [0.2, 0.25) is 0 Å². The van der Waals surface area contributed by atoms with Crippen LogP contribution in [0.25, 0.3) is 0 Å². The Morgan fingerprint density at radius 2 is 1.79 bits per heavy atom. The van der Waals surface area contributed by atoms with Crippen LogP contribution in [0, 0.1) is 0 Å². The molecule has 0 saturated carbocycles. The summed E-state index contributed by atoms with van der Waals surface area (Å²) < 4.78 is 1.95. The predicted molar refractivity (Wildman–Crippen MR) is 87.1 cm³/mol. The number of hydrogen-bond donors (Lipinski definition) is 2. The number of nitrogens with one attached hydrogen (secondary N) is 1. The molecular formula is C14H13Br2ClN2. The Morgan fingerprint density at radius 1 is 1.11 bits per heavy atom. The van der Waals surface area contributed by atoms with Crippen molar-refractivity contribution in [3.63, 3.8) is 0 Å². The molecule has 0 fully saturated rings. The topological polar surface area (TPSA) is 38.0 Å². The lowest BCUT2D eigenvalue weighted by Crippen LogP contribution is -2.29. The highest BCUT2D eigenvalue weighted by atomic mass is 79.9. The van der Waals surface area contributed by atoms with Gasteiger partial charge in [-0.2, -0.15) is 0 Å². The summed E-state index contributed by atoms with van der Waals surface area (Å²) >= 11 is 12.9. The molecule has 2 nitrogen and oxygen atoms in total. The number of rotatable bonds is 4. The van der Waals surface area contributed by atoms with E-state index in [0.29, 0.717) is 5.02 Å². The van der Waals surface area contributed by atoms with Crippen LogP contribution in [0.2, 0.25) is 5.02 Å². The van der Waals surface area contributed by atoms with E-state index in [1.165, 1.54) is 5.56 Å². The second kappa shape index (κ2) is 6.86. The lowest BCUT2D eigenvalue weighted by Gasteiger charge is -2.17. The minimum atomic E-state index is 0.0507. The smallest absolute Gasteiger partial charge is 0.0548 e. The van der Waals surface area contributed by atoms with Crippen LogP contribution in [-0.2, 0) is 6.42 Å². The minimum absolute atomic E-state index is 0.0507. The van der Waals surface area contributed by atoms with Gasteiger partial charge in [0.05, 0.1) is 11.1 Å². The Labute approximate surface area is 134 Å². The van der Waals surface area contributed by atoms with Crippen molar-refractivity contribution >= 4 is 43.5 Å². The van der Waals surface area contributed by atoms with Gasteiger partial charge >= 0.3 is 0 Å². The van der Waals surface area contributed by atoms with E-state index >= 15 is 0 Å². The van der Waals surface area contributed by atoms with Crippen LogP contribution in [0.3, 0.4) is 0 Å². The van der Waals surface area contributed by atoms with Crippen LogP contribution >= 0.6 is 43.5 Å². The van der Waals surface area contributed by atoms with E-state index in [1.54, 1.807) is 0 Å². The van der Waals surface area contributed by atoms with Crippen molar-refractivity contribution in [2.75, 3.05) is 0 Å². The summed E-state index contributed by atoms with van der Waals surface area (Å²) in [6.07, 6.45) is 0.817. The first-order valence-electron chi connectivity index (χ1n) is 5.75. The van der Waals surface area contributed by atoms with E-state index in [1.807, 2.05) is 30.3 Å². The van der Waals surface area contributed by atoms with Crippen molar-refractivity contribution in [1.82, 2.24) is 5.43 Å². The molecule has 2 rings (SSSR count). The van der Waals surface area contributed by atoms with Gasteiger partial charge in [-0.1, -0.05) is 45.7 Å². The van der Waals surface area contributed by atoms with E-state index < -0.39 is 0 Å². The summed E-state index contributed by atoms with van der Waals surface area (Å²) in [4.78, 5) is 0. The zero-order chi connectivity index (χ0) is 13.8. The van der Waals surface area contributed by atoms with Crippen molar-refractivity contribution in [2.24, 2.45) is 5.84 Å². The first-order valence-corrected chi connectivity index (χ1v) is 7.72. The molecule has 0 saturated heterocycles. The predicted octanol–water partition coefficient (Wildman–Crippen LogP) is 4.61. The Balaban J connectivity index is 2.19. The highest BCUT2D eigenvalue weighted by Crippen LogP contribution is 2.27. The summed E-state index contributed by atoms with van der Waals surface area (Å²) in [7, 11) is 0. The maximum absolute atomic E-state index is 6.00. The maximum atomic E-state index is 6.00. The summed E-state index contributed by atoms with van der Waals surface area (Å²) in [6.45, 7) is 0. The first-order chi connectivity index (χ1) is 9.10. The molecule has 1 unspecified atom stereocenters. The molecular weight excluding hydrogens is 391 g/mol. The third-order valence-electron chi connectivity index (χ3n) is 2.90. The van der Waals surface area contributed by atoms with Gasteiger partial charge in [0.15, 0.2) is 0 Å². The molecule has 0 radical (unpaired) electrons. The average Bonchev–Trinajstić information content (AvgIpc) is 2.41. The van der Waals surface area contributed by atoms with Gasteiger partial charge in [-0.15, -0.1) is 0 Å². The molecule has 2 aromatic rings. The fraction of sp³-hybridized carbons (Fsp3) is 0.143. The molecule has 0 amide bonds. The zero-order valence-corrected chi connectivity index (χ0v) is 14.0. The molecule has 0 aliphatic rings. The van der Waals surface area contributed by atoms with Crippen molar-refractivity contribution < 1.29 is 0 Å². The fourth-order valence-electron chi connectivity index (χ4n) is 1.86. The molecule has 19 heavy (non-hydrogen) atoms. The van der Waals surface area contributed by atoms with Crippen molar-refractivity contribution in [1.29, 1.82) is 0 Å². The third kappa shape index (κ3) is 4.04. The van der Waals surface area contributed by atoms with Crippen LogP contribution in [-0.4, -0.2) is 0 Å². The van der Waals surface area contributed by atoms with Crippen LogP contribution < -0.4 is 11.3 Å². The fourth-order valence-corrected chi connectivity index (χ4v) is 2.64. The van der Waals surface area contributed by atoms with Gasteiger partial charge in [0.25, 0.3) is 0 Å².